The van der Waals surface area contributed by atoms with E-state index in [1.54, 1.807) is 0 Å². The average molecular weight is 237 g/mol. The smallest absolute Gasteiger partial charge is 0.0406 e. The Morgan fingerprint density at radius 1 is 1.00 bits per heavy atom. The summed E-state index contributed by atoms with van der Waals surface area (Å²) in [6.07, 6.45) is 5.49. The Hall–Kier alpha value is -0.490. The molecule has 1 aliphatic rings. The van der Waals surface area contributed by atoms with E-state index in [1.165, 1.54) is 31.2 Å². The molecule has 0 spiro atoms. The van der Waals surface area contributed by atoms with Crippen molar-refractivity contribution in [1.29, 1.82) is 0 Å². The molecule has 0 atom stereocenters. The zero-order valence-corrected chi connectivity index (χ0v) is 11.0. The molecule has 0 amide bonds. The summed E-state index contributed by atoms with van der Waals surface area (Å²) in [5.41, 5.74) is 1.48. The second kappa shape index (κ2) is 5.23. The van der Waals surface area contributed by atoms with Gasteiger partial charge in [-0.15, -0.1) is 0 Å². The van der Waals surface area contributed by atoms with E-state index in [-0.39, 0.29) is 0 Å². The van der Waals surface area contributed by atoms with Gasteiger partial charge in [0.25, 0.3) is 0 Å². The Labute approximate surface area is 104 Å². The van der Waals surface area contributed by atoms with Crippen LogP contribution >= 0.6 is 11.6 Å². The molecule has 0 radical (unpaired) electrons. The maximum Gasteiger partial charge on any atom is 0.0406 e. The molecule has 0 saturated heterocycles. The maximum absolute atomic E-state index is 5.92. The van der Waals surface area contributed by atoms with Crippen molar-refractivity contribution in [1.82, 2.24) is 0 Å². The van der Waals surface area contributed by atoms with Crippen LogP contribution in [-0.4, -0.2) is 0 Å². The molecule has 0 aromatic heterocycles. The first-order chi connectivity index (χ1) is 7.66. The molecule has 1 aromatic carbocycles. The van der Waals surface area contributed by atoms with Crippen LogP contribution < -0.4 is 0 Å². The average Bonchev–Trinajstić information content (AvgIpc) is 2.30. The fourth-order valence-corrected chi connectivity index (χ4v) is 2.98. The van der Waals surface area contributed by atoms with Gasteiger partial charge in [-0.05, 0) is 61.1 Å². The highest BCUT2D eigenvalue weighted by Gasteiger charge is 2.23. The molecule has 2 rings (SSSR count). The van der Waals surface area contributed by atoms with Crippen molar-refractivity contribution in [3.05, 3.63) is 34.9 Å². The molecule has 1 saturated carbocycles. The van der Waals surface area contributed by atoms with Crippen LogP contribution in [0.2, 0.25) is 5.02 Å². The van der Waals surface area contributed by atoms with Crippen LogP contribution in [0.15, 0.2) is 24.3 Å². The van der Waals surface area contributed by atoms with Crippen molar-refractivity contribution in [2.45, 2.75) is 45.4 Å². The summed E-state index contributed by atoms with van der Waals surface area (Å²) in [6, 6.07) is 8.43. The standard InChI is InChI=1S/C15H21Cl/c1-11(2)12-3-5-13(6-4-12)14-7-9-15(16)10-8-14/h7-13H,3-6H2,1-2H3. The molecular formula is C15H21Cl. The normalized spacial score (nSPS) is 26.0. The van der Waals surface area contributed by atoms with E-state index in [0.29, 0.717) is 0 Å². The summed E-state index contributed by atoms with van der Waals surface area (Å²) < 4.78 is 0. The third-order valence-electron chi connectivity index (χ3n) is 4.06. The molecule has 1 aromatic rings. The molecule has 0 nitrogen and oxygen atoms in total. The van der Waals surface area contributed by atoms with Crippen LogP contribution in [0.1, 0.15) is 51.0 Å². The van der Waals surface area contributed by atoms with Gasteiger partial charge in [0.1, 0.15) is 0 Å². The van der Waals surface area contributed by atoms with E-state index in [4.69, 9.17) is 11.6 Å². The number of hydrogen-bond donors (Lipinski definition) is 0. The molecule has 0 bridgehead atoms. The van der Waals surface area contributed by atoms with E-state index in [2.05, 4.69) is 26.0 Å². The number of benzene rings is 1. The highest BCUT2D eigenvalue weighted by atomic mass is 35.5. The summed E-state index contributed by atoms with van der Waals surface area (Å²) >= 11 is 5.92. The lowest BCUT2D eigenvalue weighted by atomic mass is 9.75. The Morgan fingerprint density at radius 2 is 1.56 bits per heavy atom. The van der Waals surface area contributed by atoms with Crippen molar-refractivity contribution < 1.29 is 0 Å². The molecule has 1 heteroatoms. The van der Waals surface area contributed by atoms with Crippen LogP contribution in [0.3, 0.4) is 0 Å². The van der Waals surface area contributed by atoms with E-state index in [1.807, 2.05) is 12.1 Å². The first-order valence-electron chi connectivity index (χ1n) is 6.42. The van der Waals surface area contributed by atoms with Gasteiger partial charge >= 0.3 is 0 Å². The molecule has 1 aliphatic carbocycles. The Kier molecular flexibility index (Phi) is 3.91. The zero-order valence-electron chi connectivity index (χ0n) is 10.2. The van der Waals surface area contributed by atoms with Gasteiger partial charge in [-0.25, -0.2) is 0 Å². The lowest BCUT2D eigenvalue weighted by molar-refractivity contribution is 0.259. The summed E-state index contributed by atoms with van der Waals surface area (Å²) in [5, 5.41) is 0.847. The maximum atomic E-state index is 5.92. The van der Waals surface area contributed by atoms with Crippen LogP contribution in [-0.2, 0) is 0 Å². The lowest BCUT2D eigenvalue weighted by Crippen LogP contribution is -2.17. The fraction of sp³-hybridized carbons (Fsp3) is 0.600. The van der Waals surface area contributed by atoms with Crippen molar-refractivity contribution in [3.8, 4) is 0 Å². The Balaban J connectivity index is 1.96. The molecule has 0 unspecified atom stereocenters. The van der Waals surface area contributed by atoms with E-state index in [9.17, 15) is 0 Å². The van der Waals surface area contributed by atoms with Gasteiger partial charge in [0.05, 0.1) is 0 Å². The van der Waals surface area contributed by atoms with Crippen LogP contribution in [0.5, 0.6) is 0 Å². The van der Waals surface area contributed by atoms with Gasteiger partial charge in [0, 0.05) is 5.02 Å². The molecule has 1 fully saturated rings. The van der Waals surface area contributed by atoms with Gasteiger partial charge < -0.3 is 0 Å². The third-order valence-corrected chi connectivity index (χ3v) is 4.31. The second-order valence-corrected chi connectivity index (χ2v) is 5.84. The molecule has 0 N–H and O–H groups in total. The quantitative estimate of drug-likeness (QED) is 0.656. The summed E-state index contributed by atoms with van der Waals surface area (Å²) in [5.74, 6) is 2.57. The predicted octanol–water partition coefficient (Wildman–Crippen LogP) is 5.27. The van der Waals surface area contributed by atoms with Crippen molar-refractivity contribution in [3.63, 3.8) is 0 Å². The molecule has 0 heterocycles. The van der Waals surface area contributed by atoms with Gasteiger partial charge in [-0.1, -0.05) is 37.6 Å². The molecule has 88 valence electrons. The second-order valence-electron chi connectivity index (χ2n) is 5.41. The zero-order chi connectivity index (χ0) is 11.5. The number of hydrogen-bond acceptors (Lipinski definition) is 0. The first-order valence-corrected chi connectivity index (χ1v) is 6.80. The Bertz CT molecular complexity index is 318. The predicted molar refractivity (Wildman–Crippen MR) is 71.0 cm³/mol. The fourth-order valence-electron chi connectivity index (χ4n) is 2.85. The lowest BCUT2D eigenvalue weighted by Gasteiger charge is -2.31. The van der Waals surface area contributed by atoms with E-state index >= 15 is 0 Å². The monoisotopic (exact) mass is 236 g/mol. The minimum absolute atomic E-state index is 0.771. The summed E-state index contributed by atoms with van der Waals surface area (Å²) in [6.45, 7) is 4.71. The topological polar surface area (TPSA) is 0 Å². The third kappa shape index (κ3) is 2.79. The van der Waals surface area contributed by atoms with Crippen LogP contribution in [0.4, 0.5) is 0 Å². The van der Waals surface area contributed by atoms with Gasteiger partial charge in [0.2, 0.25) is 0 Å². The minimum Gasteiger partial charge on any atom is -0.0843 e. The van der Waals surface area contributed by atoms with Gasteiger partial charge in [0.15, 0.2) is 0 Å². The van der Waals surface area contributed by atoms with Crippen LogP contribution in [0, 0.1) is 11.8 Å². The number of halogens is 1. The SMILES string of the molecule is CC(C)C1CCC(c2ccc(Cl)cc2)CC1. The highest BCUT2D eigenvalue weighted by Crippen LogP contribution is 2.38. The molecule has 16 heavy (non-hydrogen) atoms. The first kappa shape index (κ1) is 12.0. The van der Waals surface area contributed by atoms with Gasteiger partial charge in [-0.3, -0.25) is 0 Å². The Morgan fingerprint density at radius 3 is 2.06 bits per heavy atom. The van der Waals surface area contributed by atoms with Crippen molar-refractivity contribution in [2.75, 3.05) is 0 Å². The van der Waals surface area contributed by atoms with Crippen molar-refractivity contribution in [2.24, 2.45) is 11.8 Å². The highest BCUT2D eigenvalue weighted by molar-refractivity contribution is 6.30. The largest absolute Gasteiger partial charge is 0.0843 e. The number of rotatable bonds is 2. The van der Waals surface area contributed by atoms with E-state index in [0.717, 1.165) is 22.8 Å². The molecular weight excluding hydrogens is 216 g/mol. The molecule has 0 aliphatic heterocycles. The minimum atomic E-state index is 0.771. The summed E-state index contributed by atoms with van der Waals surface area (Å²) in [7, 11) is 0. The van der Waals surface area contributed by atoms with Crippen molar-refractivity contribution >= 4 is 11.6 Å². The van der Waals surface area contributed by atoms with E-state index < -0.39 is 0 Å². The van der Waals surface area contributed by atoms with Gasteiger partial charge in [-0.2, -0.15) is 0 Å². The summed E-state index contributed by atoms with van der Waals surface area (Å²) in [4.78, 5) is 0. The van der Waals surface area contributed by atoms with Crippen LogP contribution in [0.25, 0.3) is 0 Å².